The van der Waals surface area contributed by atoms with Crippen molar-refractivity contribution < 1.29 is 14.3 Å². The summed E-state index contributed by atoms with van der Waals surface area (Å²) in [6, 6.07) is 14.0. The number of hydrogen-bond acceptors (Lipinski definition) is 7. The Morgan fingerprint density at radius 1 is 1.09 bits per heavy atom. The highest BCUT2D eigenvalue weighted by atomic mass is 32.2. The van der Waals surface area contributed by atoms with E-state index in [1.54, 1.807) is 36.3 Å². The minimum Gasteiger partial charge on any atom is -0.493 e. The number of fused-ring (bicyclic) bond motifs is 1. The molecule has 10 heteroatoms. The number of methoxy groups -OCH3 is 2. The molecule has 2 aromatic carbocycles. The Morgan fingerprint density at radius 2 is 1.86 bits per heavy atom. The summed E-state index contributed by atoms with van der Waals surface area (Å²) in [5, 5.41) is 2.96. The van der Waals surface area contributed by atoms with Crippen molar-refractivity contribution in [1.29, 1.82) is 0 Å². The van der Waals surface area contributed by atoms with Gasteiger partial charge in [-0.05, 0) is 36.2 Å². The van der Waals surface area contributed by atoms with Crippen molar-refractivity contribution in [3.8, 4) is 11.5 Å². The van der Waals surface area contributed by atoms with Crippen LogP contribution in [0.1, 0.15) is 29.9 Å². The van der Waals surface area contributed by atoms with Gasteiger partial charge < -0.3 is 14.8 Å². The minimum atomic E-state index is -0.271. The lowest BCUT2D eigenvalue weighted by Crippen LogP contribution is -2.22. The number of anilines is 1. The molecule has 1 amide bonds. The molecule has 1 N–H and O–H groups in total. The molecule has 0 unspecified atom stereocenters. The van der Waals surface area contributed by atoms with Crippen molar-refractivity contribution in [2.24, 2.45) is 5.92 Å². The van der Waals surface area contributed by atoms with E-state index in [4.69, 9.17) is 9.47 Å². The van der Waals surface area contributed by atoms with E-state index in [0.29, 0.717) is 52.4 Å². The van der Waals surface area contributed by atoms with Gasteiger partial charge in [0.15, 0.2) is 11.5 Å². The second kappa shape index (κ2) is 10.6. The van der Waals surface area contributed by atoms with Gasteiger partial charge >= 0.3 is 0 Å². The number of thioether (sulfide) groups is 1. The Bertz CT molecular complexity index is 1410. The normalized spacial score (nSPS) is 11.1. The van der Waals surface area contributed by atoms with E-state index >= 15 is 0 Å². The zero-order chi connectivity index (χ0) is 24.9. The Balaban J connectivity index is 1.51. The number of rotatable bonds is 9. The molecular formula is C25H27N5O4S. The van der Waals surface area contributed by atoms with Crippen molar-refractivity contribution in [2.45, 2.75) is 31.0 Å². The Kier molecular flexibility index (Phi) is 7.40. The third kappa shape index (κ3) is 5.48. The molecule has 0 aliphatic carbocycles. The molecule has 0 radical (unpaired) electrons. The second-order valence-electron chi connectivity index (χ2n) is 8.27. The van der Waals surface area contributed by atoms with E-state index in [1.165, 1.54) is 29.5 Å². The molecule has 0 saturated carbocycles. The quantitative estimate of drug-likeness (QED) is 0.350. The van der Waals surface area contributed by atoms with Gasteiger partial charge in [0.25, 0.3) is 17.2 Å². The average molecular weight is 494 g/mol. The Hall–Kier alpha value is -3.79. The number of amides is 1. The van der Waals surface area contributed by atoms with Gasteiger partial charge in [0.1, 0.15) is 6.33 Å². The number of hydrogen-bond donors (Lipinski definition) is 1. The Morgan fingerprint density at radius 3 is 2.60 bits per heavy atom. The molecule has 0 aliphatic rings. The predicted molar refractivity (Wildman–Crippen MR) is 136 cm³/mol. The number of ether oxygens (including phenoxy) is 2. The Labute approximate surface area is 207 Å². The predicted octanol–water partition coefficient (Wildman–Crippen LogP) is 4.11. The van der Waals surface area contributed by atoms with E-state index in [9.17, 15) is 9.59 Å². The summed E-state index contributed by atoms with van der Waals surface area (Å²) in [5.74, 6) is 1.96. The maximum absolute atomic E-state index is 12.9. The first-order valence-electron chi connectivity index (χ1n) is 11.1. The summed E-state index contributed by atoms with van der Waals surface area (Å²) in [4.78, 5) is 35.3. The molecular weight excluding hydrogens is 466 g/mol. The van der Waals surface area contributed by atoms with Gasteiger partial charge in [-0.3, -0.25) is 14.3 Å². The average Bonchev–Trinajstić information content (AvgIpc) is 3.25. The number of nitrogens with one attached hydrogen (secondary N) is 1. The molecule has 0 atom stereocenters. The van der Waals surface area contributed by atoms with Gasteiger partial charge in [-0.1, -0.05) is 26.0 Å². The summed E-state index contributed by atoms with van der Waals surface area (Å²) in [7, 11) is 3.07. The fraction of sp³-hybridized carbons (Fsp3) is 0.280. The zero-order valence-corrected chi connectivity index (χ0v) is 20.8. The summed E-state index contributed by atoms with van der Waals surface area (Å²) < 4.78 is 13.8. The van der Waals surface area contributed by atoms with E-state index in [0.717, 1.165) is 4.90 Å². The van der Waals surface area contributed by atoms with Gasteiger partial charge in [-0.25, -0.2) is 4.98 Å². The van der Waals surface area contributed by atoms with Gasteiger partial charge in [0, 0.05) is 28.8 Å². The number of nitrogens with zero attached hydrogens (tertiary/aromatic N) is 4. The van der Waals surface area contributed by atoms with Gasteiger partial charge in [0.05, 0.1) is 25.6 Å². The summed E-state index contributed by atoms with van der Waals surface area (Å²) in [6.07, 6.45) is 1.64. The first-order valence-corrected chi connectivity index (χ1v) is 12.1. The summed E-state index contributed by atoms with van der Waals surface area (Å²) in [5.41, 5.74) is 1.56. The molecule has 4 aromatic rings. The first-order chi connectivity index (χ1) is 16.9. The molecule has 0 aliphatic heterocycles. The van der Waals surface area contributed by atoms with E-state index in [-0.39, 0.29) is 11.5 Å². The second-order valence-corrected chi connectivity index (χ2v) is 9.28. The third-order valence-electron chi connectivity index (χ3n) is 5.20. The molecule has 2 aromatic heterocycles. The highest BCUT2D eigenvalue weighted by Gasteiger charge is 2.14. The van der Waals surface area contributed by atoms with Crippen LogP contribution >= 0.6 is 11.8 Å². The molecule has 9 nitrogen and oxygen atoms in total. The summed E-state index contributed by atoms with van der Waals surface area (Å²) >= 11 is 1.48. The highest BCUT2D eigenvalue weighted by Crippen LogP contribution is 2.31. The number of carbonyl (C=O) groups excluding carboxylic acids is 1. The number of carbonyl (C=O) groups is 1. The van der Waals surface area contributed by atoms with Crippen LogP contribution in [-0.2, 0) is 12.3 Å². The van der Waals surface area contributed by atoms with Crippen LogP contribution in [0.3, 0.4) is 0 Å². The van der Waals surface area contributed by atoms with Crippen LogP contribution in [0.4, 0.5) is 5.69 Å². The molecule has 0 spiro atoms. The molecule has 0 fully saturated rings. The number of para-hydroxylation sites is 1. The van der Waals surface area contributed by atoms with Crippen LogP contribution in [-0.4, -0.2) is 39.3 Å². The topological polar surface area (TPSA) is 99.8 Å². The van der Waals surface area contributed by atoms with Crippen LogP contribution in [0.25, 0.3) is 5.78 Å². The smallest absolute Gasteiger partial charge is 0.274 e. The van der Waals surface area contributed by atoms with Crippen LogP contribution in [0.5, 0.6) is 11.5 Å². The standard InChI is InChI=1S/C25H27N5O4S/c1-16(2)13-29-15-26-25-27-18(12-23(31)30(25)29)14-35-22-8-6-5-7-19(22)28-24(32)17-9-10-20(33-3)21(11-17)34-4/h5-12,15-16H,13-14H2,1-4H3,(H,28,32). The fourth-order valence-corrected chi connectivity index (χ4v) is 4.50. The number of benzene rings is 2. The molecule has 35 heavy (non-hydrogen) atoms. The monoisotopic (exact) mass is 493 g/mol. The van der Waals surface area contributed by atoms with Crippen molar-refractivity contribution >= 4 is 29.1 Å². The first kappa shape index (κ1) is 24.3. The van der Waals surface area contributed by atoms with E-state index in [1.807, 2.05) is 24.3 Å². The zero-order valence-electron chi connectivity index (χ0n) is 20.0. The number of aromatic nitrogens is 4. The lowest BCUT2D eigenvalue weighted by atomic mass is 10.2. The molecule has 0 bridgehead atoms. The molecule has 4 rings (SSSR count). The van der Waals surface area contributed by atoms with Crippen LogP contribution in [0, 0.1) is 5.92 Å². The van der Waals surface area contributed by atoms with Crippen molar-refractivity contribution in [3.05, 3.63) is 76.5 Å². The van der Waals surface area contributed by atoms with E-state index in [2.05, 4.69) is 29.1 Å². The van der Waals surface area contributed by atoms with Crippen molar-refractivity contribution in [2.75, 3.05) is 19.5 Å². The largest absolute Gasteiger partial charge is 0.493 e. The van der Waals surface area contributed by atoms with Crippen LogP contribution < -0.4 is 20.3 Å². The van der Waals surface area contributed by atoms with Crippen LogP contribution in [0.15, 0.2) is 64.5 Å². The minimum absolute atomic E-state index is 0.168. The van der Waals surface area contributed by atoms with Crippen molar-refractivity contribution in [3.63, 3.8) is 0 Å². The van der Waals surface area contributed by atoms with E-state index < -0.39 is 0 Å². The lowest BCUT2D eigenvalue weighted by Gasteiger charge is -2.12. The molecule has 0 saturated heterocycles. The van der Waals surface area contributed by atoms with Gasteiger partial charge in [0.2, 0.25) is 0 Å². The van der Waals surface area contributed by atoms with Crippen LogP contribution in [0.2, 0.25) is 0 Å². The van der Waals surface area contributed by atoms with Crippen molar-refractivity contribution in [1.82, 2.24) is 19.2 Å². The van der Waals surface area contributed by atoms with Gasteiger partial charge in [-0.2, -0.15) is 9.50 Å². The molecule has 2 heterocycles. The lowest BCUT2D eigenvalue weighted by molar-refractivity contribution is 0.102. The SMILES string of the molecule is COc1ccc(C(=O)Nc2ccccc2SCc2cc(=O)n3c(ncn3CC(C)C)n2)cc1OC. The molecule has 182 valence electrons. The maximum atomic E-state index is 12.9. The summed E-state index contributed by atoms with van der Waals surface area (Å²) in [6.45, 7) is 4.84. The maximum Gasteiger partial charge on any atom is 0.274 e. The highest BCUT2D eigenvalue weighted by molar-refractivity contribution is 7.98. The van der Waals surface area contributed by atoms with Gasteiger partial charge in [-0.15, -0.1) is 11.8 Å². The fourth-order valence-electron chi connectivity index (χ4n) is 3.60. The third-order valence-corrected chi connectivity index (χ3v) is 6.31.